The second-order valence-electron chi connectivity index (χ2n) is 7.75. The van der Waals surface area contributed by atoms with E-state index in [1.54, 1.807) is 30.6 Å². The summed E-state index contributed by atoms with van der Waals surface area (Å²) < 4.78 is 33.0. The zero-order valence-corrected chi connectivity index (χ0v) is 18.2. The summed E-state index contributed by atoms with van der Waals surface area (Å²) in [6, 6.07) is 4.16. The minimum absolute atomic E-state index is 0.0412. The Hall–Kier alpha value is -3.66. The molecule has 0 aliphatic heterocycles. The molecule has 0 aliphatic rings. The molecule has 0 bridgehead atoms. The number of ether oxygens (including phenoxy) is 3. The maximum absolute atomic E-state index is 14.6. The van der Waals surface area contributed by atoms with Gasteiger partial charge in [0.1, 0.15) is 36.3 Å². The Bertz CT molecular complexity index is 1300. The van der Waals surface area contributed by atoms with Crippen LogP contribution in [0.4, 0.5) is 4.39 Å². The van der Waals surface area contributed by atoms with Crippen molar-refractivity contribution in [3.63, 3.8) is 0 Å². The van der Waals surface area contributed by atoms with E-state index in [-0.39, 0.29) is 18.2 Å². The molecule has 2 atom stereocenters. The SMILES string of the molecule is Cc1cc2cc(F)c(Oc3ncnn4cc(OC[C@@H](C)OC(=O)[C@H](C)N)c(C)c34)cc2[nH]1. The summed E-state index contributed by atoms with van der Waals surface area (Å²) in [5.41, 5.74) is 8.42. The molecule has 0 unspecified atom stereocenters. The van der Waals surface area contributed by atoms with Gasteiger partial charge in [-0.2, -0.15) is 10.1 Å². The summed E-state index contributed by atoms with van der Waals surface area (Å²) in [7, 11) is 0. The first kappa shape index (κ1) is 21.6. The minimum Gasteiger partial charge on any atom is -0.488 e. The molecule has 0 aliphatic carbocycles. The number of halogens is 1. The van der Waals surface area contributed by atoms with E-state index in [0.29, 0.717) is 16.8 Å². The van der Waals surface area contributed by atoms with Crippen molar-refractivity contribution in [2.24, 2.45) is 5.73 Å². The van der Waals surface area contributed by atoms with E-state index in [2.05, 4.69) is 15.1 Å². The molecule has 3 heterocycles. The summed E-state index contributed by atoms with van der Waals surface area (Å²) >= 11 is 0. The van der Waals surface area contributed by atoms with Crippen LogP contribution in [0.15, 0.2) is 30.7 Å². The van der Waals surface area contributed by atoms with Gasteiger partial charge >= 0.3 is 5.97 Å². The fourth-order valence-corrected chi connectivity index (χ4v) is 3.33. The summed E-state index contributed by atoms with van der Waals surface area (Å²) in [5, 5.41) is 4.94. The maximum Gasteiger partial charge on any atom is 0.323 e. The number of nitrogens with two attached hydrogens (primary N) is 1. The Morgan fingerprint density at radius 2 is 2.03 bits per heavy atom. The first-order valence-corrected chi connectivity index (χ1v) is 10.1. The normalized spacial score (nSPS) is 13.3. The molecule has 0 spiro atoms. The number of esters is 1. The van der Waals surface area contributed by atoms with Gasteiger partial charge in [-0.05, 0) is 39.8 Å². The summed E-state index contributed by atoms with van der Waals surface area (Å²) in [5.74, 6) is -0.267. The molecule has 0 fully saturated rings. The molecule has 3 aromatic heterocycles. The van der Waals surface area contributed by atoms with Crippen LogP contribution in [0.2, 0.25) is 0 Å². The van der Waals surface area contributed by atoms with Crippen LogP contribution in [0.5, 0.6) is 17.4 Å². The Morgan fingerprint density at radius 1 is 1.25 bits per heavy atom. The van der Waals surface area contributed by atoms with Crippen LogP contribution in [0, 0.1) is 19.7 Å². The van der Waals surface area contributed by atoms with Gasteiger partial charge in [0, 0.05) is 28.2 Å². The molecular weight excluding hydrogens is 417 g/mol. The lowest BCUT2D eigenvalue weighted by molar-refractivity contribution is -0.150. The van der Waals surface area contributed by atoms with E-state index in [4.69, 9.17) is 19.9 Å². The standard InChI is InChI=1S/C22H24FN5O4/c1-11-5-15-6-16(23)18(7-17(15)27-11)32-21-20-13(3)19(8-28(20)26-10-25-21)30-9-12(2)31-22(29)14(4)24/h5-8,10,12,14,27H,9,24H2,1-4H3/t12-,14+/m1/s1. The Balaban J connectivity index is 1.58. The number of nitrogens with zero attached hydrogens (tertiary/aromatic N) is 3. The molecule has 0 saturated carbocycles. The number of aryl methyl sites for hydroxylation is 2. The molecule has 3 N–H and O–H groups in total. The lowest BCUT2D eigenvalue weighted by Gasteiger charge is -2.15. The quantitative estimate of drug-likeness (QED) is 0.422. The summed E-state index contributed by atoms with van der Waals surface area (Å²) in [4.78, 5) is 19.0. The van der Waals surface area contributed by atoms with Gasteiger partial charge in [-0.15, -0.1) is 0 Å². The molecule has 4 aromatic rings. The zero-order chi connectivity index (χ0) is 23.0. The first-order valence-electron chi connectivity index (χ1n) is 10.1. The Morgan fingerprint density at radius 3 is 2.78 bits per heavy atom. The molecular formula is C22H24FN5O4. The van der Waals surface area contributed by atoms with Gasteiger partial charge in [0.2, 0.25) is 5.88 Å². The van der Waals surface area contributed by atoms with Crippen LogP contribution in [0.1, 0.15) is 25.1 Å². The lowest BCUT2D eigenvalue weighted by Crippen LogP contribution is -2.33. The van der Waals surface area contributed by atoms with E-state index in [1.807, 2.05) is 19.9 Å². The van der Waals surface area contributed by atoms with Gasteiger partial charge in [-0.3, -0.25) is 4.79 Å². The highest BCUT2D eigenvalue weighted by Crippen LogP contribution is 2.34. The average molecular weight is 441 g/mol. The van der Waals surface area contributed by atoms with Crippen LogP contribution < -0.4 is 15.2 Å². The van der Waals surface area contributed by atoms with Gasteiger partial charge in [0.05, 0.1) is 6.20 Å². The van der Waals surface area contributed by atoms with E-state index >= 15 is 0 Å². The number of nitrogens with one attached hydrogen (secondary N) is 1. The number of benzene rings is 1. The van der Waals surface area contributed by atoms with Crippen molar-refractivity contribution in [3.8, 4) is 17.4 Å². The smallest absolute Gasteiger partial charge is 0.323 e. The number of aromatic nitrogens is 4. The molecule has 0 saturated heterocycles. The van der Waals surface area contributed by atoms with Crippen LogP contribution in [-0.4, -0.2) is 44.3 Å². The fraction of sp³-hybridized carbons (Fsp3) is 0.318. The van der Waals surface area contributed by atoms with E-state index in [9.17, 15) is 9.18 Å². The van der Waals surface area contributed by atoms with E-state index in [1.165, 1.54) is 12.4 Å². The third-order valence-corrected chi connectivity index (χ3v) is 4.92. The topological polar surface area (TPSA) is 117 Å². The highest BCUT2D eigenvalue weighted by Gasteiger charge is 2.19. The molecule has 0 radical (unpaired) electrons. The van der Waals surface area contributed by atoms with Gasteiger partial charge in [0.25, 0.3) is 0 Å². The largest absolute Gasteiger partial charge is 0.488 e. The van der Waals surface area contributed by atoms with Crippen molar-refractivity contribution in [2.45, 2.75) is 39.8 Å². The lowest BCUT2D eigenvalue weighted by atomic mass is 10.2. The number of aromatic amines is 1. The molecule has 4 rings (SSSR count). The molecule has 1 aromatic carbocycles. The molecule has 168 valence electrons. The third kappa shape index (κ3) is 4.22. The van der Waals surface area contributed by atoms with Crippen molar-refractivity contribution in [2.75, 3.05) is 6.61 Å². The maximum atomic E-state index is 14.6. The summed E-state index contributed by atoms with van der Waals surface area (Å²) in [6.07, 6.45) is 2.48. The van der Waals surface area contributed by atoms with E-state index in [0.717, 1.165) is 16.6 Å². The number of rotatable bonds is 7. The highest BCUT2D eigenvalue weighted by atomic mass is 19.1. The highest BCUT2D eigenvalue weighted by molar-refractivity contribution is 5.82. The third-order valence-electron chi connectivity index (χ3n) is 4.92. The molecule has 32 heavy (non-hydrogen) atoms. The van der Waals surface area contributed by atoms with Gasteiger partial charge in [-0.1, -0.05) is 0 Å². The number of fused-ring (bicyclic) bond motifs is 2. The summed E-state index contributed by atoms with van der Waals surface area (Å²) in [6.45, 7) is 7.10. The molecule has 10 heteroatoms. The number of carbonyl (C=O) groups is 1. The monoisotopic (exact) mass is 441 g/mol. The molecule has 0 amide bonds. The average Bonchev–Trinajstić information content (AvgIpc) is 3.25. The number of carbonyl (C=O) groups excluding carboxylic acids is 1. The minimum atomic E-state index is -0.708. The first-order chi connectivity index (χ1) is 15.2. The predicted octanol–water partition coefficient (Wildman–Crippen LogP) is 3.42. The van der Waals surface area contributed by atoms with Crippen molar-refractivity contribution in [1.29, 1.82) is 0 Å². The van der Waals surface area contributed by atoms with Crippen molar-refractivity contribution in [3.05, 3.63) is 47.8 Å². The fourth-order valence-electron chi connectivity index (χ4n) is 3.33. The Labute approximate surface area is 183 Å². The van der Waals surface area contributed by atoms with Gasteiger partial charge in [0.15, 0.2) is 11.6 Å². The van der Waals surface area contributed by atoms with Crippen LogP contribution in [0.3, 0.4) is 0 Å². The van der Waals surface area contributed by atoms with Crippen LogP contribution in [0.25, 0.3) is 16.4 Å². The second-order valence-corrected chi connectivity index (χ2v) is 7.75. The number of H-pyrrole nitrogens is 1. The van der Waals surface area contributed by atoms with Gasteiger partial charge < -0.3 is 24.9 Å². The molecule has 9 nitrogen and oxygen atoms in total. The number of hydrogen-bond donors (Lipinski definition) is 2. The Kier molecular flexibility index (Phi) is 5.70. The van der Waals surface area contributed by atoms with Crippen molar-refractivity contribution >= 4 is 22.4 Å². The zero-order valence-electron chi connectivity index (χ0n) is 18.2. The van der Waals surface area contributed by atoms with Crippen LogP contribution in [-0.2, 0) is 9.53 Å². The van der Waals surface area contributed by atoms with Crippen molar-refractivity contribution in [1.82, 2.24) is 19.6 Å². The van der Waals surface area contributed by atoms with E-state index < -0.39 is 23.9 Å². The predicted molar refractivity (Wildman–Crippen MR) is 115 cm³/mol. The van der Waals surface area contributed by atoms with Crippen molar-refractivity contribution < 1.29 is 23.4 Å². The van der Waals surface area contributed by atoms with Gasteiger partial charge in [-0.25, -0.2) is 8.91 Å². The van der Waals surface area contributed by atoms with Crippen LogP contribution >= 0.6 is 0 Å². The number of hydrogen-bond acceptors (Lipinski definition) is 7. The second kappa shape index (κ2) is 8.46.